The van der Waals surface area contributed by atoms with Gasteiger partial charge in [-0.15, -0.1) is 0 Å². The summed E-state index contributed by atoms with van der Waals surface area (Å²) in [5, 5.41) is 1.79. The Morgan fingerprint density at radius 3 is 2.41 bits per heavy atom. The molecule has 0 spiro atoms. The number of aromatic nitrogens is 1. The van der Waals surface area contributed by atoms with Gasteiger partial charge in [0, 0.05) is 16.0 Å². The van der Waals surface area contributed by atoms with Crippen LogP contribution in [0.1, 0.15) is 31.9 Å². The van der Waals surface area contributed by atoms with Gasteiger partial charge >= 0.3 is 0 Å². The molecule has 0 aliphatic heterocycles. The van der Waals surface area contributed by atoms with E-state index in [4.69, 9.17) is 17.3 Å². The molecule has 1 aromatic heterocycles. The van der Waals surface area contributed by atoms with E-state index >= 15 is 0 Å². The normalized spacial score (nSPS) is 12.1. The van der Waals surface area contributed by atoms with Gasteiger partial charge in [-0.05, 0) is 36.1 Å². The first-order valence-corrected chi connectivity index (χ1v) is 6.03. The van der Waals surface area contributed by atoms with E-state index in [1.807, 2.05) is 19.1 Å². The van der Waals surface area contributed by atoms with Crippen molar-refractivity contribution < 1.29 is 0 Å². The van der Waals surface area contributed by atoms with Crippen LogP contribution in [0.25, 0.3) is 10.9 Å². The van der Waals surface area contributed by atoms with E-state index in [0.29, 0.717) is 5.82 Å². The SMILES string of the molecule is Cc1cc(Cl)cc2cc(C(C)(C)C)c(N)nc12. The predicted molar refractivity (Wildman–Crippen MR) is 74.6 cm³/mol. The third kappa shape index (κ3) is 2.22. The van der Waals surface area contributed by atoms with Crippen LogP contribution in [0.5, 0.6) is 0 Å². The molecule has 1 heterocycles. The van der Waals surface area contributed by atoms with Crippen molar-refractivity contribution in [1.29, 1.82) is 0 Å². The Labute approximate surface area is 107 Å². The Morgan fingerprint density at radius 1 is 1.18 bits per heavy atom. The Hall–Kier alpha value is -1.28. The molecule has 3 heteroatoms. The van der Waals surface area contributed by atoms with Gasteiger partial charge in [-0.1, -0.05) is 32.4 Å². The van der Waals surface area contributed by atoms with Crippen LogP contribution in [0.4, 0.5) is 5.82 Å². The van der Waals surface area contributed by atoms with Crippen LogP contribution in [0.2, 0.25) is 5.02 Å². The molecule has 0 saturated carbocycles. The lowest BCUT2D eigenvalue weighted by Crippen LogP contribution is -2.15. The van der Waals surface area contributed by atoms with Crippen LogP contribution < -0.4 is 5.73 Å². The summed E-state index contributed by atoms with van der Waals surface area (Å²) in [7, 11) is 0. The second kappa shape index (κ2) is 3.88. The minimum atomic E-state index is -0.0124. The number of hydrogen-bond donors (Lipinski definition) is 1. The van der Waals surface area contributed by atoms with Crippen LogP contribution in [0.15, 0.2) is 18.2 Å². The van der Waals surface area contributed by atoms with Gasteiger partial charge in [-0.2, -0.15) is 0 Å². The molecule has 2 N–H and O–H groups in total. The Morgan fingerprint density at radius 2 is 1.82 bits per heavy atom. The molecule has 90 valence electrons. The molecule has 2 rings (SSSR count). The highest BCUT2D eigenvalue weighted by atomic mass is 35.5. The third-order valence-corrected chi connectivity index (χ3v) is 3.13. The quantitative estimate of drug-likeness (QED) is 0.763. The van der Waals surface area contributed by atoms with Crippen molar-refractivity contribution in [3.8, 4) is 0 Å². The average molecular weight is 249 g/mol. The van der Waals surface area contributed by atoms with Gasteiger partial charge in [0.1, 0.15) is 5.82 Å². The number of aryl methyl sites for hydroxylation is 1. The lowest BCUT2D eigenvalue weighted by Gasteiger charge is -2.21. The molecule has 0 atom stereocenters. The van der Waals surface area contributed by atoms with Crippen molar-refractivity contribution in [2.24, 2.45) is 0 Å². The number of nitrogen functional groups attached to an aromatic ring is 1. The van der Waals surface area contributed by atoms with E-state index in [-0.39, 0.29) is 5.41 Å². The van der Waals surface area contributed by atoms with E-state index in [1.165, 1.54) is 0 Å². The van der Waals surface area contributed by atoms with Gasteiger partial charge in [0.25, 0.3) is 0 Å². The molecule has 0 amide bonds. The molecule has 2 nitrogen and oxygen atoms in total. The average Bonchev–Trinajstić information content (AvgIpc) is 2.16. The van der Waals surface area contributed by atoms with Crippen LogP contribution in [0, 0.1) is 6.92 Å². The zero-order valence-corrected chi connectivity index (χ0v) is 11.4. The number of nitrogens with zero attached hydrogens (tertiary/aromatic N) is 1. The summed E-state index contributed by atoms with van der Waals surface area (Å²) in [5.41, 5.74) is 9.07. The third-order valence-electron chi connectivity index (χ3n) is 2.91. The van der Waals surface area contributed by atoms with Crippen molar-refractivity contribution in [3.05, 3.63) is 34.3 Å². The summed E-state index contributed by atoms with van der Waals surface area (Å²) >= 11 is 6.07. The molecule has 0 bridgehead atoms. The minimum Gasteiger partial charge on any atom is -0.383 e. The fraction of sp³-hybridized carbons (Fsp3) is 0.357. The number of fused-ring (bicyclic) bond motifs is 1. The predicted octanol–water partition coefficient (Wildman–Crippen LogP) is 4.08. The molecule has 0 aliphatic carbocycles. The molecule has 0 fully saturated rings. The highest BCUT2D eigenvalue weighted by Gasteiger charge is 2.19. The van der Waals surface area contributed by atoms with Crippen molar-refractivity contribution >= 4 is 28.3 Å². The maximum atomic E-state index is 6.07. The van der Waals surface area contributed by atoms with Crippen molar-refractivity contribution in [2.75, 3.05) is 5.73 Å². The largest absolute Gasteiger partial charge is 0.383 e. The van der Waals surface area contributed by atoms with Gasteiger partial charge in [-0.3, -0.25) is 0 Å². The summed E-state index contributed by atoms with van der Waals surface area (Å²) in [4.78, 5) is 4.50. The lowest BCUT2D eigenvalue weighted by molar-refractivity contribution is 0.591. The Kier molecular flexibility index (Phi) is 2.78. The Bertz CT molecular complexity index is 583. The number of pyridine rings is 1. The maximum Gasteiger partial charge on any atom is 0.127 e. The number of benzene rings is 1. The molecule has 17 heavy (non-hydrogen) atoms. The monoisotopic (exact) mass is 248 g/mol. The first-order chi connectivity index (χ1) is 7.79. The second-order valence-corrected chi connectivity index (χ2v) is 5.90. The van der Waals surface area contributed by atoms with Crippen LogP contribution in [0.3, 0.4) is 0 Å². The highest BCUT2D eigenvalue weighted by Crippen LogP contribution is 2.31. The summed E-state index contributed by atoms with van der Waals surface area (Å²) in [6.45, 7) is 8.38. The molecule has 0 aliphatic rings. The molecular weight excluding hydrogens is 232 g/mol. The van der Waals surface area contributed by atoms with Gasteiger partial charge in [0.05, 0.1) is 5.52 Å². The van der Waals surface area contributed by atoms with Crippen LogP contribution >= 0.6 is 11.6 Å². The lowest BCUT2D eigenvalue weighted by atomic mass is 9.86. The molecule has 0 saturated heterocycles. The summed E-state index contributed by atoms with van der Waals surface area (Å²) in [6.07, 6.45) is 0. The summed E-state index contributed by atoms with van der Waals surface area (Å²) in [5.74, 6) is 0.607. The van der Waals surface area contributed by atoms with Gasteiger partial charge in [0.2, 0.25) is 0 Å². The summed E-state index contributed by atoms with van der Waals surface area (Å²) < 4.78 is 0. The number of anilines is 1. The van der Waals surface area contributed by atoms with Gasteiger partial charge in [-0.25, -0.2) is 4.98 Å². The van der Waals surface area contributed by atoms with E-state index in [9.17, 15) is 0 Å². The molecule has 0 radical (unpaired) electrons. The zero-order chi connectivity index (χ0) is 12.8. The van der Waals surface area contributed by atoms with E-state index in [2.05, 4.69) is 31.8 Å². The smallest absolute Gasteiger partial charge is 0.127 e. The highest BCUT2D eigenvalue weighted by molar-refractivity contribution is 6.31. The molecule has 1 aromatic carbocycles. The molecular formula is C14H17ClN2. The fourth-order valence-electron chi connectivity index (χ4n) is 2.04. The van der Waals surface area contributed by atoms with Gasteiger partial charge < -0.3 is 5.73 Å². The minimum absolute atomic E-state index is 0.0124. The van der Waals surface area contributed by atoms with E-state index in [0.717, 1.165) is 27.1 Å². The maximum absolute atomic E-state index is 6.07. The Balaban J connectivity index is 2.81. The van der Waals surface area contributed by atoms with Gasteiger partial charge in [0.15, 0.2) is 0 Å². The fourth-order valence-corrected chi connectivity index (χ4v) is 2.32. The van der Waals surface area contributed by atoms with Crippen LogP contribution in [-0.4, -0.2) is 4.98 Å². The van der Waals surface area contributed by atoms with E-state index < -0.39 is 0 Å². The first-order valence-electron chi connectivity index (χ1n) is 5.66. The number of hydrogen-bond acceptors (Lipinski definition) is 2. The molecule has 2 aromatic rings. The number of rotatable bonds is 0. The van der Waals surface area contributed by atoms with E-state index in [1.54, 1.807) is 0 Å². The second-order valence-electron chi connectivity index (χ2n) is 5.47. The van der Waals surface area contributed by atoms with Crippen LogP contribution in [-0.2, 0) is 5.41 Å². The standard InChI is InChI=1S/C14H17ClN2/c1-8-5-10(15)6-9-7-11(14(2,3)4)13(16)17-12(8)9/h5-7H,1-4H3,(H2,16,17). The first kappa shape index (κ1) is 12.2. The van der Waals surface area contributed by atoms with Crippen molar-refractivity contribution in [1.82, 2.24) is 4.98 Å². The topological polar surface area (TPSA) is 38.9 Å². The summed E-state index contributed by atoms with van der Waals surface area (Å²) in [6, 6.07) is 5.94. The van der Waals surface area contributed by atoms with Crippen molar-refractivity contribution in [3.63, 3.8) is 0 Å². The number of nitrogens with two attached hydrogens (primary N) is 1. The zero-order valence-electron chi connectivity index (χ0n) is 10.6. The van der Waals surface area contributed by atoms with Crippen molar-refractivity contribution in [2.45, 2.75) is 33.1 Å². The number of halogens is 1. The molecule has 0 unspecified atom stereocenters.